The summed E-state index contributed by atoms with van der Waals surface area (Å²) in [5.41, 5.74) is 0. The third-order valence-corrected chi connectivity index (χ3v) is 0.500. The lowest BCUT2D eigenvalue weighted by atomic mass is 10.1. The third-order valence-electron chi connectivity index (χ3n) is 0.500. The van der Waals surface area contributed by atoms with Crippen molar-refractivity contribution in [2.45, 2.75) is 0 Å². The maximum absolute atomic E-state index is 4.62. The highest BCUT2D eigenvalue weighted by Crippen LogP contribution is 1.78. The predicted molar refractivity (Wildman–Crippen MR) is 30.5 cm³/mol. The molecule has 0 N–H and O–H groups in total. The Morgan fingerprint density at radius 1 is 0.714 bits per heavy atom. The third kappa shape index (κ3) is 2.93. The van der Waals surface area contributed by atoms with Crippen LogP contribution in [0, 0.1) is 0 Å². The van der Waals surface area contributed by atoms with E-state index in [2.05, 4.69) is 13.7 Å². The van der Waals surface area contributed by atoms with E-state index in [4.69, 9.17) is 0 Å². The smallest absolute Gasteiger partial charge is 0.410 e. The Hall–Kier alpha value is 0.292. The van der Waals surface area contributed by atoms with Gasteiger partial charge < -0.3 is 13.7 Å². The molecule has 0 spiro atoms. The van der Waals surface area contributed by atoms with Crippen LogP contribution in [-0.2, 0) is 13.7 Å². The van der Waals surface area contributed by atoms with Crippen LogP contribution >= 0.6 is 0 Å². The zero-order valence-corrected chi connectivity index (χ0v) is 4.85. The fraction of sp³-hybridized carbons (Fsp3) is 0. The van der Waals surface area contributed by atoms with Gasteiger partial charge in [-0.15, -0.1) is 0 Å². The average molecular weight is 112 g/mol. The Labute approximate surface area is 48.7 Å². The summed E-state index contributed by atoms with van der Waals surface area (Å²) in [4.78, 5) is 0. The summed E-state index contributed by atoms with van der Waals surface area (Å²) in [6.07, 6.45) is 0. The minimum Gasteiger partial charge on any atom is -0.458 e. The molecule has 1 rings (SSSR count). The first-order valence-corrected chi connectivity index (χ1v) is 1.73. The second kappa shape index (κ2) is 4.45. The summed E-state index contributed by atoms with van der Waals surface area (Å²) in [6, 6.07) is 0. The molecule has 0 amide bonds. The zero-order valence-electron chi connectivity index (χ0n) is 3.85. The molecular weight excluding hydrogens is 109 g/mol. The number of hydrogen-bond donors (Lipinski definition) is 0. The molecule has 1 fully saturated rings. The predicted octanol–water partition coefficient (Wildman–Crippen LogP) is -2.53. The van der Waals surface area contributed by atoms with Gasteiger partial charge in [-0.05, 0) is 0 Å². The van der Waals surface area contributed by atoms with Crippen LogP contribution in [0.15, 0.2) is 0 Å². The van der Waals surface area contributed by atoms with E-state index in [1.54, 1.807) is 0 Å². The maximum atomic E-state index is 4.62. The van der Waals surface area contributed by atoms with Crippen LogP contribution in [0.3, 0.4) is 0 Å². The molecule has 4 radical (unpaired) electrons. The first-order chi connectivity index (χ1) is 3.00. The van der Waals surface area contributed by atoms with E-state index in [-0.39, 0.29) is 11.0 Å². The van der Waals surface area contributed by atoms with Gasteiger partial charge in [-0.3, -0.25) is 0 Å². The van der Waals surface area contributed by atoms with Gasteiger partial charge >= 0.3 is 23.1 Å². The first kappa shape index (κ1) is 7.29. The van der Waals surface area contributed by atoms with Gasteiger partial charge in [-0.25, -0.2) is 0 Å². The van der Waals surface area contributed by atoms with Gasteiger partial charge in [0.1, 0.15) is 0 Å². The van der Waals surface area contributed by atoms with E-state index in [0.29, 0.717) is 23.1 Å². The molecule has 34 valence electrons. The van der Waals surface area contributed by atoms with Crippen molar-refractivity contribution in [2.75, 3.05) is 0 Å². The van der Waals surface area contributed by atoms with Crippen LogP contribution in [0.2, 0.25) is 0 Å². The molecule has 0 unspecified atom stereocenters. The summed E-state index contributed by atoms with van der Waals surface area (Å²) in [6.45, 7) is 0. The molecule has 7 heavy (non-hydrogen) atoms. The molecular formula is H3B3O3Si. The Bertz CT molecular complexity index is 25.7. The molecule has 0 bridgehead atoms. The van der Waals surface area contributed by atoms with Crippen LogP contribution in [-0.4, -0.2) is 34.0 Å². The van der Waals surface area contributed by atoms with Gasteiger partial charge in [0.25, 0.3) is 0 Å². The first-order valence-electron chi connectivity index (χ1n) is 1.73. The normalized spacial score (nSPS) is 17.1. The van der Waals surface area contributed by atoms with Crippen molar-refractivity contribution in [3.05, 3.63) is 0 Å². The molecule has 1 aliphatic heterocycles. The van der Waals surface area contributed by atoms with Crippen molar-refractivity contribution in [3.63, 3.8) is 0 Å². The lowest BCUT2D eigenvalue weighted by Gasteiger charge is -2.07. The largest absolute Gasteiger partial charge is 0.458 e. The van der Waals surface area contributed by atoms with Crippen molar-refractivity contribution in [2.24, 2.45) is 0 Å². The molecule has 1 heterocycles. The van der Waals surface area contributed by atoms with Crippen molar-refractivity contribution in [1.29, 1.82) is 0 Å². The highest BCUT2D eigenvalue weighted by atomic mass is 28.1. The van der Waals surface area contributed by atoms with Gasteiger partial charge in [-0.2, -0.15) is 0 Å². The van der Waals surface area contributed by atoms with E-state index in [1.165, 1.54) is 0 Å². The van der Waals surface area contributed by atoms with Gasteiger partial charge in [0.2, 0.25) is 0 Å². The second-order valence-corrected chi connectivity index (χ2v) is 0.966. The minimum absolute atomic E-state index is 0. The Balaban J connectivity index is 0.000000360. The minimum atomic E-state index is 0. The van der Waals surface area contributed by atoms with Crippen molar-refractivity contribution in [3.8, 4) is 0 Å². The van der Waals surface area contributed by atoms with E-state index in [9.17, 15) is 0 Å². The van der Waals surface area contributed by atoms with E-state index < -0.39 is 0 Å². The molecule has 1 aliphatic rings. The molecule has 1 saturated heterocycles. The molecule has 0 atom stereocenters. The van der Waals surface area contributed by atoms with Gasteiger partial charge in [0.05, 0.1) is 0 Å². The molecule has 0 aromatic carbocycles. The fourth-order valence-electron chi connectivity index (χ4n) is 0.279. The van der Waals surface area contributed by atoms with Crippen molar-refractivity contribution >= 4 is 34.0 Å². The lowest BCUT2D eigenvalue weighted by Crippen LogP contribution is -2.23. The fourth-order valence-corrected chi connectivity index (χ4v) is 0.279. The van der Waals surface area contributed by atoms with Crippen LogP contribution < -0.4 is 0 Å². The van der Waals surface area contributed by atoms with Gasteiger partial charge in [0, 0.05) is 11.0 Å². The van der Waals surface area contributed by atoms with Crippen LogP contribution in [0.4, 0.5) is 0 Å². The maximum Gasteiger partial charge on any atom is 0.410 e. The average Bonchev–Trinajstić information content (AvgIpc) is 1.72. The lowest BCUT2D eigenvalue weighted by molar-refractivity contribution is 0.347. The summed E-state index contributed by atoms with van der Waals surface area (Å²) in [5.74, 6) is 0. The Morgan fingerprint density at radius 2 is 1.00 bits per heavy atom. The molecule has 3 nitrogen and oxygen atoms in total. The molecule has 0 saturated carbocycles. The number of hydrogen-bond acceptors (Lipinski definition) is 3. The summed E-state index contributed by atoms with van der Waals surface area (Å²) in [5, 5.41) is 0. The van der Waals surface area contributed by atoms with E-state index >= 15 is 0 Å². The summed E-state index contributed by atoms with van der Waals surface area (Å²) < 4.78 is 13.9. The molecule has 0 aromatic heterocycles. The zero-order chi connectivity index (χ0) is 4.24. The molecule has 0 aliphatic carbocycles. The van der Waals surface area contributed by atoms with Gasteiger partial charge in [0.15, 0.2) is 0 Å². The van der Waals surface area contributed by atoms with Crippen LogP contribution in [0.25, 0.3) is 0 Å². The van der Waals surface area contributed by atoms with Crippen LogP contribution in [0.1, 0.15) is 0 Å². The summed E-state index contributed by atoms with van der Waals surface area (Å²) >= 11 is 0. The Morgan fingerprint density at radius 3 is 1.14 bits per heavy atom. The highest BCUT2D eigenvalue weighted by molar-refractivity contribution is 6.50. The standard InChI is InChI=1S/B3H3O3.Si/c1-4-2-6-3-5-1;/h1-3H;. The summed E-state index contributed by atoms with van der Waals surface area (Å²) in [7, 11) is 1.12. The van der Waals surface area contributed by atoms with E-state index in [0.717, 1.165) is 0 Å². The second-order valence-electron chi connectivity index (χ2n) is 0.966. The molecule has 0 aromatic rings. The quantitative estimate of drug-likeness (QED) is 0.323. The van der Waals surface area contributed by atoms with Gasteiger partial charge in [-0.1, -0.05) is 0 Å². The van der Waals surface area contributed by atoms with Crippen molar-refractivity contribution < 1.29 is 13.7 Å². The highest BCUT2D eigenvalue weighted by Gasteiger charge is 2.03. The van der Waals surface area contributed by atoms with Crippen LogP contribution in [0.5, 0.6) is 0 Å². The molecule has 7 heteroatoms. The monoisotopic (exact) mass is 112 g/mol. The Kier molecular flexibility index (Phi) is 4.64. The number of rotatable bonds is 0. The topological polar surface area (TPSA) is 27.7 Å². The SMILES string of the molecule is B1OBOBO1.[Si]. The van der Waals surface area contributed by atoms with Crippen molar-refractivity contribution in [1.82, 2.24) is 0 Å². The van der Waals surface area contributed by atoms with E-state index in [1.807, 2.05) is 0 Å².